The number of hydrogen-bond donors (Lipinski definition) is 1. The third kappa shape index (κ3) is 2.21. The molecule has 100 valence electrons. The molecule has 1 aromatic heterocycles. The van der Waals surface area contributed by atoms with Crippen LogP contribution in [0.4, 0.5) is 4.39 Å². The first-order chi connectivity index (χ1) is 9.58. The van der Waals surface area contributed by atoms with Crippen LogP contribution >= 0.6 is 31.9 Å². The van der Waals surface area contributed by atoms with Crippen LogP contribution in [0.5, 0.6) is 0 Å². The van der Waals surface area contributed by atoms with Crippen molar-refractivity contribution in [2.24, 2.45) is 0 Å². The van der Waals surface area contributed by atoms with Crippen LogP contribution in [-0.4, -0.2) is 10.8 Å². The van der Waals surface area contributed by atoms with Crippen molar-refractivity contribution < 1.29 is 9.18 Å². The molecule has 0 amide bonds. The topological polar surface area (TPSA) is 32.9 Å². The van der Waals surface area contributed by atoms with Gasteiger partial charge in [0.1, 0.15) is 5.82 Å². The van der Waals surface area contributed by atoms with Crippen molar-refractivity contribution in [2.45, 2.75) is 0 Å². The molecule has 0 saturated carbocycles. The lowest BCUT2D eigenvalue weighted by atomic mass is 10.0. The van der Waals surface area contributed by atoms with Gasteiger partial charge in [-0.1, -0.05) is 37.9 Å². The number of carbonyl (C=O) groups excluding carboxylic acids is 1. The summed E-state index contributed by atoms with van der Waals surface area (Å²) >= 11 is 6.73. The molecule has 0 aliphatic carbocycles. The molecule has 0 radical (unpaired) electrons. The number of H-pyrrole nitrogens is 1. The number of rotatable bonds is 2. The lowest BCUT2D eigenvalue weighted by Crippen LogP contribution is -2.02. The molecule has 5 heteroatoms. The summed E-state index contributed by atoms with van der Waals surface area (Å²) in [6, 6.07) is 9.72. The Balaban J connectivity index is 2.21. The highest BCUT2D eigenvalue weighted by Crippen LogP contribution is 2.30. The Morgan fingerprint density at radius 2 is 1.85 bits per heavy atom. The van der Waals surface area contributed by atoms with Gasteiger partial charge in [0.05, 0.1) is 0 Å². The highest BCUT2D eigenvalue weighted by atomic mass is 79.9. The van der Waals surface area contributed by atoms with Crippen LogP contribution in [0.15, 0.2) is 51.5 Å². The molecule has 0 aliphatic heterocycles. The lowest BCUT2D eigenvalue weighted by molar-refractivity contribution is 0.103. The molecular formula is C15H8Br2FNO. The number of ketones is 1. The normalized spacial score (nSPS) is 10.9. The van der Waals surface area contributed by atoms with Gasteiger partial charge in [-0.3, -0.25) is 4.79 Å². The standard InChI is InChI=1S/C15H8Br2FNO/c16-11-5-4-8(18)6-9(11)15(20)10-7-19-13-3-1-2-12(17)14(10)13/h1-7,19H. The smallest absolute Gasteiger partial charge is 0.196 e. The fourth-order valence-electron chi connectivity index (χ4n) is 2.14. The summed E-state index contributed by atoms with van der Waals surface area (Å²) in [5, 5.41) is 0.800. The highest BCUT2D eigenvalue weighted by molar-refractivity contribution is 9.11. The Kier molecular flexibility index (Phi) is 3.48. The minimum absolute atomic E-state index is 0.227. The first kappa shape index (κ1) is 13.5. The van der Waals surface area contributed by atoms with E-state index in [4.69, 9.17) is 0 Å². The molecule has 0 spiro atoms. The maximum Gasteiger partial charge on any atom is 0.196 e. The van der Waals surface area contributed by atoms with Crippen molar-refractivity contribution >= 4 is 48.5 Å². The van der Waals surface area contributed by atoms with E-state index in [9.17, 15) is 9.18 Å². The third-order valence-corrected chi connectivity index (χ3v) is 4.42. The molecule has 2 aromatic carbocycles. The number of benzene rings is 2. The second-order valence-electron chi connectivity index (χ2n) is 4.32. The second kappa shape index (κ2) is 5.14. The van der Waals surface area contributed by atoms with Gasteiger partial charge in [0.2, 0.25) is 0 Å². The van der Waals surface area contributed by atoms with Crippen molar-refractivity contribution in [3.8, 4) is 0 Å². The van der Waals surface area contributed by atoms with Crippen LogP contribution in [-0.2, 0) is 0 Å². The largest absolute Gasteiger partial charge is 0.360 e. The molecule has 2 nitrogen and oxygen atoms in total. The maximum absolute atomic E-state index is 13.4. The first-order valence-corrected chi connectivity index (χ1v) is 7.42. The van der Waals surface area contributed by atoms with Crippen molar-refractivity contribution in [2.75, 3.05) is 0 Å². The zero-order valence-electron chi connectivity index (χ0n) is 10.1. The number of hydrogen-bond acceptors (Lipinski definition) is 1. The zero-order chi connectivity index (χ0) is 14.3. The SMILES string of the molecule is O=C(c1cc(F)ccc1Br)c1c[nH]c2cccc(Br)c12. The summed E-state index contributed by atoms with van der Waals surface area (Å²) in [6.07, 6.45) is 1.65. The number of fused-ring (bicyclic) bond motifs is 1. The maximum atomic E-state index is 13.4. The quantitative estimate of drug-likeness (QED) is 0.603. The van der Waals surface area contributed by atoms with E-state index in [1.807, 2.05) is 18.2 Å². The number of aromatic nitrogens is 1. The van der Waals surface area contributed by atoms with Crippen LogP contribution in [0.2, 0.25) is 0 Å². The van der Waals surface area contributed by atoms with Crippen molar-refractivity contribution in [3.63, 3.8) is 0 Å². The van der Waals surface area contributed by atoms with Gasteiger partial charge in [-0.05, 0) is 30.3 Å². The molecule has 0 fully saturated rings. The number of carbonyl (C=O) groups is 1. The summed E-state index contributed by atoms with van der Waals surface area (Å²) in [6.45, 7) is 0. The minimum Gasteiger partial charge on any atom is -0.360 e. The van der Waals surface area contributed by atoms with E-state index in [-0.39, 0.29) is 5.78 Å². The number of nitrogens with one attached hydrogen (secondary N) is 1. The molecule has 0 aliphatic rings. The van der Waals surface area contributed by atoms with Gasteiger partial charge in [0.15, 0.2) is 5.78 Å². The fourth-order valence-corrected chi connectivity index (χ4v) is 3.14. The van der Waals surface area contributed by atoms with Gasteiger partial charge >= 0.3 is 0 Å². The van der Waals surface area contributed by atoms with Crippen molar-refractivity contribution in [1.82, 2.24) is 4.98 Å². The highest BCUT2D eigenvalue weighted by Gasteiger charge is 2.18. The zero-order valence-corrected chi connectivity index (χ0v) is 13.3. The third-order valence-electron chi connectivity index (χ3n) is 3.07. The second-order valence-corrected chi connectivity index (χ2v) is 6.03. The predicted molar refractivity (Wildman–Crippen MR) is 83.5 cm³/mol. The molecule has 3 rings (SSSR count). The first-order valence-electron chi connectivity index (χ1n) is 5.83. The van der Waals surface area contributed by atoms with Gasteiger partial charge in [0.25, 0.3) is 0 Å². The summed E-state index contributed by atoms with van der Waals surface area (Å²) in [7, 11) is 0. The fraction of sp³-hybridized carbons (Fsp3) is 0. The minimum atomic E-state index is -0.435. The van der Waals surface area contributed by atoms with Crippen molar-refractivity contribution in [3.05, 3.63) is 68.5 Å². The van der Waals surface area contributed by atoms with Crippen LogP contribution < -0.4 is 0 Å². The van der Waals surface area contributed by atoms with E-state index in [1.54, 1.807) is 6.20 Å². The average Bonchev–Trinajstić information content (AvgIpc) is 2.86. The van der Waals surface area contributed by atoms with Crippen molar-refractivity contribution in [1.29, 1.82) is 0 Å². The average molecular weight is 397 g/mol. The molecule has 0 saturated heterocycles. The molecule has 1 N–H and O–H groups in total. The van der Waals surface area contributed by atoms with E-state index < -0.39 is 5.82 Å². The summed E-state index contributed by atoms with van der Waals surface area (Å²) in [4.78, 5) is 15.7. The van der Waals surface area contributed by atoms with Gasteiger partial charge in [-0.2, -0.15) is 0 Å². The molecule has 3 aromatic rings. The molecule has 1 heterocycles. The summed E-state index contributed by atoms with van der Waals surface area (Å²) in [5.74, 6) is -0.662. The van der Waals surface area contributed by atoms with Gasteiger partial charge in [0, 0.05) is 37.2 Å². The Morgan fingerprint density at radius 3 is 2.65 bits per heavy atom. The Labute approximate surface area is 131 Å². The summed E-state index contributed by atoms with van der Waals surface area (Å²) in [5.41, 5.74) is 1.68. The monoisotopic (exact) mass is 395 g/mol. The Bertz CT molecular complexity index is 826. The Morgan fingerprint density at radius 1 is 1.05 bits per heavy atom. The number of halogens is 3. The van der Waals surface area contributed by atoms with E-state index in [1.165, 1.54) is 18.2 Å². The van der Waals surface area contributed by atoms with Crippen LogP contribution in [0, 0.1) is 5.82 Å². The lowest BCUT2D eigenvalue weighted by Gasteiger charge is -2.04. The number of aromatic amines is 1. The molecule has 20 heavy (non-hydrogen) atoms. The van der Waals surface area contributed by atoms with E-state index >= 15 is 0 Å². The summed E-state index contributed by atoms with van der Waals surface area (Å²) < 4.78 is 14.8. The van der Waals surface area contributed by atoms with E-state index in [0.29, 0.717) is 15.6 Å². The Hall–Kier alpha value is -1.46. The molecular weight excluding hydrogens is 389 g/mol. The van der Waals surface area contributed by atoms with Crippen LogP contribution in [0.1, 0.15) is 15.9 Å². The van der Waals surface area contributed by atoms with Gasteiger partial charge < -0.3 is 4.98 Å². The van der Waals surface area contributed by atoms with Gasteiger partial charge in [-0.25, -0.2) is 4.39 Å². The van der Waals surface area contributed by atoms with E-state index in [0.717, 1.165) is 15.4 Å². The molecule has 0 unspecified atom stereocenters. The van der Waals surface area contributed by atoms with Gasteiger partial charge in [-0.15, -0.1) is 0 Å². The molecule has 0 bridgehead atoms. The van der Waals surface area contributed by atoms with Crippen LogP contribution in [0.3, 0.4) is 0 Å². The predicted octanol–water partition coefficient (Wildman–Crippen LogP) is 5.06. The molecule has 0 atom stereocenters. The van der Waals surface area contributed by atoms with E-state index in [2.05, 4.69) is 36.8 Å². The van der Waals surface area contributed by atoms with Crippen LogP contribution in [0.25, 0.3) is 10.9 Å².